The zero-order valence-electron chi connectivity index (χ0n) is 13.3. The molecule has 6 nitrogen and oxygen atoms in total. The molecule has 2 rings (SSSR count). The molecule has 2 aromatic rings. The van der Waals surface area contributed by atoms with Gasteiger partial charge in [-0.15, -0.1) is 0 Å². The first-order valence-corrected chi connectivity index (χ1v) is 7.35. The third kappa shape index (κ3) is 3.37. The molecule has 0 aliphatic carbocycles. The van der Waals surface area contributed by atoms with Crippen LogP contribution in [-0.2, 0) is 6.54 Å². The number of nitro benzene ring substituents is 1. The summed E-state index contributed by atoms with van der Waals surface area (Å²) in [6.07, 6.45) is 0. The number of halogens is 1. The van der Waals surface area contributed by atoms with Crippen molar-refractivity contribution in [1.82, 2.24) is 4.90 Å². The fraction of sp³-hybridized carbons (Fsp3) is 0.312. The van der Waals surface area contributed by atoms with E-state index in [1.54, 1.807) is 20.9 Å². The van der Waals surface area contributed by atoms with E-state index in [1.807, 2.05) is 6.92 Å². The highest BCUT2D eigenvalue weighted by molar-refractivity contribution is 6.31. The number of rotatable bonds is 4. The van der Waals surface area contributed by atoms with E-state index < -0.39 is 4.92 Å². The number of nitrogens with zero attached hydrogens (tertiary/aromatic N) is 2. The van der Waals surface area contributed by atoms with Crippen molar-refractivity contribution in [1.29, 1.82) is 0 Å². The van der Waals surface area contributed by atoms with Crippen LogP contribution in [0.2, 0.25) is 5.02 Å². The minimum absolute atomic E-state index is 0.0586. The van der Waals surface area contributed by atoms with Crippen LogP contribution in [0.3, 0.4) is 0 Å². The maximum atomic E-state index is 12.6. The van der Waals surface area contributed by atoms with Gasteiger partial charge in [-0.05, 0) is 32.4 Å². The number of hydrogen-bond donors (Lipinski definition) is 0. The Kier molecular flexibility index (Phi) is 4.75. The van der Waals surface area contributed by atoms with Gasteiger partial charge in [0.15, 0.2) is 0 Å². The van der Waals surface area contributed by atoms with Crippen LogP contribution >= 0.6 is 11.6 Å². The molecule has 1 heterocycles. The second-order valence-corrected chi connectivity index (χ2v) is 5.82. The van der Waals surface area contributed by atoms with Crippen LogP contribution in [0.5, 0.6) is 0 Å². The lowest BCUT2D eigenvalue weighted by Crippen LogP contribution is -2.27. The van der Waals surface area contributed by atoms with Gasteiger partial charge in [0, 0.05) is 36.3 Å². The number of carbonyl (C=O) groups excluding carboxylic acids is 1. The number of furan rings is 1. The fourth-order valence-corrected chi connectivity index (χ4v) is 2.60. The highest BCUT2D eigenvalue weighted by atomic mass is 35.5. The third-order valence-corrected chi connectivity index (χ3v) is 4.14. The van der Waals surface area contributed by atoms with Crippen LogP contribution in [0, 0.1) is 30.9 Å². The zero-order valence-corrected chi connectivity index (χ0v) is 14.1. The third-order valence-electron chi connectivity index (χ3n) is 3.77. The molecule has 0 aliphatic heterocycles. The van der Waals surface area contributed by atoms with E-state index in [9.17, 15) is 14.9 Å². The lowest BCUT2D eigenvalue weighted by molar-refractivity contribution is -0.384. The molecule has 7 heteroatoms. The minimum Gasteiger partial charge on any atom is -0.466 e. The molecule has 0 saturated carbocycles. The first-order chi connectivity index (χ1) is 10.7. The van der Waals surface area contributed by atoms with Crippen molar-refractivity contribution in [3.8, 4) is 0 Å². The number of hydrogen-bond acceptors (Lipinski definition) is 4. The lowest BCUT2D eigenvalue weighted by atomic mass is 10.1. The quantitative estimate of drug-likeness (QED) is 0.623. The standard InChI is InChI=1S/C16H17ClN2O4/c1-9-10(2)23-11(3)15(9)16(20)18(4)8-12-7-13(19(21)22)5-6-14(12)17/h5-7H,8H2,1-4H3. The largest absolute Gasteiger partial charge is 0.466 e. The van der Waals surface area contributed by atoms with Gasteiger partial charge in [0.2, 0.25) is 0 Å². The van der Waals surface area contributed by atoms with Gasteiger partial charge in [0.1, 0.15) is 11.5 Å². The zero-order chi connectivity index (χ0) is 17.3. The Morgan fingerprint density at radius 1 is 1.30 bits per heavy atom. The van der Waals surface area contributed by atoms with Crippen LogP contribution in [0.4, 0.5) is 5.69 Å². The topological polar surface area (TPSA) is 76.6 Å². The SMILES string of the molecule is Cc1oc(C)c(C(=O)N(C)Cc2cc([N+](=O)[O-])ccc2Cl)c1C. The van der Waals surface area contributed by atoms with Crippen LogP contribution in [0.1, 0.15) is 33.0 Å². The van der Waals surface area contributed by atoms with Gasteiger partial charge in [-0.25, -0.2) is 0 Å². The number of non-ortho nitro benzene ring substituents is 1. The molecule has 0 saturated heterocycles. The smallest absolute Gasteiger partial charge is 0.269 e. The molecule has 0 N–H and O–H groups in total. The summed E-state index contributed by atoms with van der Waals surface area (Å²) in [6, 6.07) is 4.18. The fourth-order valence-electron chi connectivity index (χ4n) is 2.42. The summed E-state index contributed by atoms with van der Waals surface area (Å²) in [5, 5.41) is 11.2. The van der Waals surface area contributed by atoms with Crippen LogP contribution in [0.15, 0.2) is 22.6 Å². The van der Waals surface area contributed by atoms with Gasteiger partial charge in [0.25, 0.3) is 11.6 Å². The van der Waals surface area contributed by atoms with Gasteiger partial charge < -0.3 is 9.32 Å². The summed E-state index contributed by atoms with van der Waals surface area (Å²) < 4.78 is 5.48. The van der Waals surface area contributed by atoms with Crippen LogP contribution < -0.4 is 0 Å². The summed E-state index contributed by atoms with van der Waals surface area (Å²) in [5.41, 5.74) is 1.78. The Hall–Kier alpha value is -2.34. The van der Waals surface area contributed by atoms with Crippen molar-refractivity contribution >= 4 is 23.2 Å². The van der Waals surface area contributed by atoms with E-state index in [0.29, 0.717) is 27.7 Å². The Morgan fingerprint density at radius 3 is 2.48 bits per heavy atom. The normalized spacial score (nSPS) is 10.7. The predicted octanol–water partition coefficient (Wildman–Crippen LogP) is 4.04. The van der Waals surface area contributed by atoms with Crippen molar-refractivity contribution in [2.75, 3.05) is 7.05 Å². The highest BCUT2D eigenvalue weighted by Gasteiger charge is 2.22. The Bertz CT molecular complexity index is 783. The number of benzene rings is 1. The van der Waals surface area contributed by atoms with Gasteiger partial charge in [-0.3, -0.25) is 14.9 Å². The van der Waals surface area contributed by atoms with Gasteiger partial charge >= 0.3 is 0 Å². The van der Waals surface area contributed by atoms with E-state index in [0.717, 1.165) is 5.56 Å². The molecule has 122 valence electrons. The van der Waals surface area contributed by atoms with E-state index in [-0.39, 0.29) is 18.1 Å². The summed E-state index contributed by atoms with van der Waals surface area (Å²) in [6.45, 7) is 5.54. The second kappa shape index (κ2) is 6.42. The van der Waals surface area contributed by atoms with Gasteiger partial charge in [0.05, 0.1) is 10.5 Å². The van der Waals surface area contributed by atoms with Crippen molar-refractivity contribution in [2.45, 2.75) is 27.3 Å². The molecule has 0 bridgehead atoms. The predicted molar refractivity (Wildman–Crippen MR) is 86.8 cm³/mol. The first kappa shape index (κ1) is 17.0. The second-order valence-electron chi connectivity index (χ2n) is 5.41. The molecule has 0 radical (unpaired) electrons. The summed E-state index contributed by atoms with van der Waals surface area (Å²) in [4.78, 5) is 24.5. The van der Waals surface area contributed by atoms with E-state index >= 15 is 0 Å². The molecule has 23 heavy (non-hydrogen) atoms. The summed E-state index contributed by atoms with van der Waals surface area (Å²) in [7, 11) is 1.62. The van der Waals surface area contributed by atoms with Crippen molar-refractivity contribution in [3.63, 3.8) is 0 Å². The lowest BCUT2D eigenvalue weighted by Gasteiger charge is -2.18. The van der Waals surface area contributed by atoms with E-state index in [2.05, 4.69) is 0 Å². The van der Waals surface area contributed by atoms with Crippen molar-refractivity contribution < 1.29 is 14.1 Å². The van der Waals surface area contributed by atoms with Gasteiger partial charge in [-0.2, -0.15) is 0 Å². The van der Waals surface area contributed by atoms with E-state index in [4.69, 9.17) is 16.0 Å². The van der Waals surface area contributed by atoms with Crippen LogP contribution in [0.25, 0.3) is 0 Å². The molecule has 1 aromatic carbocycles. The minimum atomic E-state index is -0.491. The monoisotopic (exact) mass is 336 g/mol. The molecular formula is C16H17ClN2O4. The average molecular weight is 337 g/mol. The number of amides is 1. The molecule has 0 atom stereocenters. The summed E-state index contributed by atoms with van der Waals surface area (Å²) in [5.74, 6) is 1.05. The number of aryl methyl sites for hydroxylation is 2. The molecule has 0 spiro atoms. The molecule has 0 fully saturated rings. The van der Waals surface area contributed by atoms with Gasteiger partial charge in [-0.1, -0.05) is 11.6 Å². The maximum Gasteiger partial charge on any atom is 0.269 e. The molecular weight excluding hydrogens is 320 g/mol. The molecule has 0 unspecified atom stereocenters. The highest BCUT2D eigenvalue weighted by Crippen LogP contribution is 2.26. The average Bonchev–Trinajstić information content (AvgIpc) is 2.73. The molecule has 0 aliphatic rings. The first-order valence-electron chi connectivity index (χ1n) is 6.97. The summed E-state index contributed by atoms with van der Waals surface area (Å²) >= 11 is 6.08. The number of nitro groups is 1. The Balaban J connectivity index is 2.28. The van der Waals surface area contributed by atoms with Crippen LogP contribution in [-0.4, -0.2) is 22.8 Å². The Labute approximate surface area is 138 Å². The Morgan fingerprint density at radius 2 is 1.96 bits per heavy atom. The molecule has 1 amide bonds. The maximum absolute atomic E-state index is 12.6. The van der Waals surface area contributed by atoms with E-state index in [1.165, 1.54) is 23.1 Å². The van der Waals surface area contributed by atoms with Crippen molar-refractivity contribution in [3.05, 3.63) is 61.5 Å². The molecule has 1 aromatic heterocycles. The van der Waals surface area contributed by atoms with Crippen molar-refractivity contribution in [2.24, 2.45) is 0 Å². The number of carbonyl (C=O) groups is 1.